The van der Waals surface area contributed by atoms with E-state index in [9.17, 15) is 14.4 Å². The molecule has 0 aliphatic heterocycles. The second-order valence-corrected chi connectivity index (χ2v) is 10.1. The Morgan fingerprint density at radius 2 is 1.73 bits per heavy atom. The maximum atomic E-state index is 12.8. The van der Waals surface area contributed by atoms with Gasteiger partial charge in [-0.2, -0.15) is 0 Å². The summed E-state index contributed by atoms with van der Waals surface area (Å²) in [6, 6.07) is -0.550. The van der Waals surface area contributed by atoms with Crippen LogP contribution in [0.15, 0.2) is 11.6 Å². The summed E-state index contributed by atoms with van der Waals surface area (Å²) in [6.07, 6.45) is 11.5. The van der Waals surface area contributed by atoms with Crippen LogP contribution < -0.4 is 16.8 Å². The Bertz CT molecular complexity index is 622. The standard InChI is InChI=1S/C18H31N3O4.C5H10.C3H8/c1-18(2,3)16(19)15(23)13-8-6-4-5-7-12(13)10-25-11-21-9-14(22)17(20)24;1-2-5-3-4-5;1-3-2/h8,12,16,21H,4-7,9-11,19H2,1-3H3,(H2,20,24);5H,2-4H2,1H3;3H2,1-2H3/t12-,16+;;/m0../s1. The Morgan fingerprint density at radius 1 is 1.12 bits per heavy atom. The Balaban J connectivity index is 0.00000108. The van der Waals surface area contributed by atoms with Crippen LogP contribution in [0.2, 0.25) is 0 Å². The van der Waals surface area contributed by atoms with E-state index in [0.29, 0.717) is 6.61 Å². The fourth-order valence-electron chi connectivity index (χ4n) is 3.21. The van der Waals surface area contributed by atoms with Crippen molar-refractivity contribution in [1.82, 2.24) is 5.32 Å². The first-order valence-corrected chi connectivity index (χ1v) is 12.6. The predicted molar refractivity (Wildman–Crippen MR) is 134 cm³/mol. The molecule has 192 valence electrons. The molecular weight excluding hydrogens is 418 g/mol. The minimum Gasteiger partial charge on any atom is -0.366 e. The monoisotopic (exact) mass is 467 g/mol. The van der Waals surface area contributed by atoms with Crippen LogP contribution in [-0.2, 0) is 19.1 Å². The SMILES string of the molecule is CC(C)(C)[C@H](N)C(=O)C1=CCCCC[C@H]1COCNCC(=O)C(N)=O.CCC.CCC1CC1. The second kappa shape index (κ2) is 17.0. The number of ether oxygens (including phenoxy) is 1. The van der Waals surface area contributed by atoms with E-state index in [1.165, 1.54) is 25.7 Å². The third-order valence-corrected chi connectivity index (χ3v) is 5.67. The highest BCUT2D eigenvalue weighted by Crippen LogP contribution is 2.31. The predicted octanol–water partition coefficient (Wildman–Crippen LogP) is 3.89. The molecule has 0 unspecified atom stereocenters. The number of Topliss-reactive ketones (excluding diaryl/α,β-unsaturated/α-hetero) is 2. The minimum absolute atomic E-state index is 0.00274. The van der Waals surface area contributed by atoms with E-state index in [0.717, 1.165) is 37.2 Å². The van der Waals surface area contributed by atoms with Crippen molar-refractivity contribution in [2.75, 3.05) is 19.9 Å². The molecule has 2 aliphatic carbocycles. The fourth-order valence-corrected chi connectivity index (χ4v) is 3.21. The maximum absolute atomic E-state index is 12.8. The first kappa shape index (κ1) is 31.4. The number of carbonyl (C=O) groups excluding carboxylic acids is 3. The molecule has 0 aromatic carbocycles. The number of hydrogen-bond donors (Lipinski definition) is 3. The number of rotatable bonds is 10. The molecule has 0 saturated heterocycles. The highest BCUT2D eigenvalue weighted by atomic mass is 16.5. The van der Waals surface area contributed by atoms with Crippen LogP contribution in [0.1, 0.15) is 92.9 Å². The summed E-state index contributed by atoms with van der Waals surface area (Å²) in [4.78, 5) is 34.6. The van der Waals surface area contributed by atoms with Crippen LogP contribution in [-0.4, -0.2) is 43.4 Å². The molecule has 0 radical (unpaired) electrons. The van der Waals surface area contributed by atoms with E-state index in [2.05, 4.69) is 26.1 Å². The molecule has 1 saturated carbocycles. The van der Waals surface area contributed by atoms with E-state index in [-0.39, 0.29) is 30.4 Å². The number of allylic oxidation sites excluding steroid dienone is 1. The molecule has 0 bridgehead atoms. The van der Waals surface area contributed by atoms with Crippen LogP contribution in [0, 0.1) is 17.3 Å². The number of ketones is 2. The van der Waals surface area contributed by atoms with E-state index in [4.69, 9.17) is 16.2 Å². The lowest BCUT2D eigenvalue weighted by molar-refractivity contribution is -0.135. The molecule has 5 N–H and O–H groups in total. The first-order chi connectivity index (χ1) is 15.5. The largest absolute Gasteiger partial charge is 0.366 e. The fraction of sp³-hybridized carbons (Fsp3) is 0.808. The zero-order valence-electron chi connectivity index (χ0n) is 21.9. The molecule has 7 heteroatoms. The van der Waals surface area contributed by atoms with Gasteiger partial charge in [0.15, 0.2) is 5.78 Å². The van der Waals surface area contributed by atoms with Crippen molar-refractivity contribution in [2.45, 2.75) is 99.0 Å². The molecule has 1 fully saturated rings. The van der Waals surface area contributed by atoms with Gasteiger partial charge in [0.25, 0.3) is 5.91 Å². The van der Waals surface area contributed by atoms with Crippen molar-refractivity contribution in [3.8, 4) is 0 Å². The number of primary amides is 1. The third-order valence-electron chi connectivity index (χ3n) is 5.67. The van der Waals surface area contributed by atoms with Crippen molar-refractivity contribution >= 4 is 17.5 Å². The van der Waals surface area contributed by atoms with E-state index in [1.807, 2.05) is 26.8 Å². The summed E-state index contributed by atoms with van der Waals surface area (Å²) >= 11 is 0. The summed E-state index contributed by atoms with van der Waals surface area (Å²) in [5.41, 5.74) is 11.5. The quantitative estimate of drug-likeness (QED) is 0.254. The van der Waals surface area contributed by atoms with Gasteiger partial charge in [0.1, 0.15) is 0 Å². The Labute approximate surface area is 201 Å². The van der Waals surface area contributed by atoms with Crippen molar-refractivity contribution in [2.24, 2.45) is 28.7 Å². The molecule has 33 heavy (non-hydrogen) atoms. The van der Waals surface area contributed by atoms with Crippen molar-refractivity contribution < 1.29 is 19.1 Å². The summed E-state index contributed by atoms with van der Waals surface area (Å²) in [5, 5.41) is 2.71. The average Bonchev–Trinajstić information content (AvgIpc) is 3.59. The number of nitrogens with two attached hydrogens (primary N) is 2. The molecule has 0 heterocycles. The molecule has 1 amide bonds. The lowest BCUT2D eigenvalue weighted by Crippen LogP contribution is -2.44. The highest BCUT2D eigenvalue weighted by molar-refractivity contribution is 6.36. The normalized spacial score (nSPS) is 19.0. The molecule has 0 aromatic heterocycles. The number of nitrogens with one attached hydrogen (secondary N) is 1. The van der Waals surface area contributed by atoms with Gasteiger partial charge in [-0.3, -0.25) is 19.7 Å². The molecule has 7 nitrogen and oxygen atoms in total. The summed E-state index contributed by atoms with van der Waals surface area (Å²) in [5.74, 6) is -0.542. The van der Waals surface area contributed by atoms with E-state index in [1.54, 1.807) is 0 Å². The highest BCUT2D eigenvalue weighted by Gasteiger charge is 2.33. The van der Waals surface area contributed by atoms with Gasteiger partial charge in [-0.05, 0) is 36.2 Å². The Hall–Kier alpha value is -1.57. The van der Waals surface area contributed by atoms with E-state index < -0.39 is 17.7 Å². The topological polar surface area (TPSA) is 125 Å². The zero-order valence-corrected chi connectivity index (χ0v) is 21.9. The zero-order chi connectivity index (χ0) is 25.4. The average molecular weight is 468 g/mol. The van der Waals surface area contributed by atoms with Crippen LogP contribution in [0.3, 0.4) is 0 Å². The van der Waals surface area contributed by atoms with Gasteiger partial charge in [0.2, 0.25) is 5.78 Å². The van der Waals surface area contributed by atoms with Crippen molar-refractivity contribution in [1.29, 1.82) is 0 Å². The van der Waals surface area contributed by atoms with Gasteiger partial charge in [-0.25, -0.2) is 0 Å². The lowest BCUT2D eigenvalue weighted by atomic mass is 9.79. The van der Waals surface area contributed by atoms with Crippen LogP contribution in [0.4, 0.5) is 0 Å². The third kappa shape index (κ3) is 14.3. The van der Waals surface area contributed by atoms with Gasteiger partial charge in [0.05, 0.1) is 25.9 Å². The van der Waals surface area contributed by atoms with Crippen molar-refractivity contribution in [3.63, 3.8) is 0 Å². The van der Waals surface area contributed by atoms with Crippen molar-refractivity contribution in [3.05, 3.63) is 11.6 Å². The second-order valence-electron chi connectivity index (χ2n) is 10.1. The molecule has 2 atom stereocenters. The van der Waals surface area contributed by atoms with Gasteiger partial charge >= 0.3 is 0 Å². The minimum atomic E-state index is -0.969. The Morgan fingerprint density at radius 3 is 2.18 bits per heavy atom. The smallest absolute Gasteiger partial charge is 0.286 e. The summed E-state index contributed by atoms with van der Waals surface area (Å²) in [7, 11) is 0. The molecule has 2 rings (SSSR count). The lowest BCUT2D eigenvalue weighted by Gasteiger charge is -2.28. The molecular formula is C26H49N3O4. The van der Waals surface area contributed by atoms with Gasteiger partial charge in [0, 0.05) is 5.92 Å². The molecule has 2 aliphatic rings. The van der Waals surface area contributed by atoms with Gasteiger partial charge in [-0.1, -0.05) is 79.7 Å². The van der Waals surface area contributed by atoms with E-state index >= 15 is 0 Å². The summed E-state index contributed by atoms with van der Waals surface area (Å²) < 4.78 is 5.56. The number of hydrogen-bond acceptors (Lipinski definition) is 6. The number of carbonyl (C=O) groups is 3. The van der Waals surface area contributed by atoms with Crippen LogP contribution in [0.5, 0.6) is 0 Å². The van der Waals surface area contributed by atoms with Crippen LogP contribution >= 0.6 is 0 Å². The maximum Gasteiger partial charge on any atom is 0.286 e. The molecule has 0 aromatic rings. The number of amides is 1. The first-order valence-electron chi connectivity index (χ1n) is 12.6. The van der Waals surface area contributed by atoms with Gasteiger partial charge < -0.3 is 16.2 Å². The Kier molecular flexibility index (Phi) is 16.1. The van der Waals surface area contributed by atoms with Crippen LogP contribution in [0.25, 0.3) is 0 Å². The summed E-state index contributed by atoms with van der Waals surface area (Å²) in [6.45, 7) is 12.7. The van der Waals surface area contributed by atoms with Gasteiger partial charge in [-0.15, -0.1) is 0 Å². The molecule has 0 spiro atoms.